The number of hydroxylamine groups is 2. The highest BCUT2D eigenvalue weighted by Gasteiger charge is 2.31. The molecule has 108 heavy (non-hydrogen) atoms. The predicted molar refractivity (Wildman–Crippen MR) is 382 cm³/mol. The van der Waals surface area contributed by atoms with Crippen molar-refractivity contribution in [3.05, 3.63) is 141 Å². The van der Waals surface area contributed by atoms with E-state index in [9.17, 15) is 43.2 Å². The number of ketones is 3. The van der Waals surface area contributed by atoms with Crippen molar-refractivity contribution in [1.29, 1.82) is 0 Å². The van der Waals surface area contributed by atoms with Gasteiger partial charge in [0.1, 0.15) is 56.3 Å². The molecule has 0 fully saturated rings. The van der Waals surface area contributed by atoms with Gasteiger partial charge in [-0.25, -0.2) is 63.9 Å². The minimum atomic E-state index is -1.65. The number of aromatic carboxylic acids is 2. The number of carbonyl (C=O) groups excluding carboxylic acids is 6. The minimum Gasteiger partial charge on any atom is -0.496 e. The molecule has 39 heteroatoms. The quantitative estimate of drug-likeness (QED) is 0.0121. The fourth-order valence-electron chi connectivity index (χ4n) is 8.21. The van der Waals surface area contributed by atoms with Crippen LogP contribution in [-0.2, 0) is 30.9 Å². The number of ether oxygens (including phenoxy) is 14. The first-order valence-electron chi connectivity index (χ1n) is 30.5. The van der Waals surface area contributed by atoms with Gasteiger partial charge in [0.25, 0.3) is 5.91 Å². The average Bonchev–Trinajstić information content (AvgIpc) is 1.63. The first kappa shape index (κ1) is 91.3. The maximum Gasteiger partial charge on any atom is 0.372 e. The van der Waals surface area contributed by atoms with Crippen LogP contribution in [0.2, 0.25) is 10.2 Å². The molecule has 0 aliphatic heterocycles. The Morgan fingerprint density at radius 3 is 1.18 bits per heavy atom. The number of carboxylic acids is 3. The molecule has 1 amide bonds. The normalized spacial score (nSPS) is 10.1. The molecule has 1 unspecified atom stereocenters. The second-order valence-electron chi connectivity index (χ2n) is 20.1. The van der Waals surface area contributed by atoms with Crippen LogP contribution in [0.4, 0.5) is 0 Å². The van der Waals surface area contributed by atoms with E-state index >= 15 is 0 Å². The number of nitrogens with zero attached hydrogens (tertiary/aromatic N) is 10. The molecule has 8 aromatic rings. The maximum atomic E-state index is 12.0. The van der Waals surface area contributed by atoms with Crippen LogP contribution in [0.15, 0.2) is 85.8 Å². The van der Waals surface area contributed by atoms with Crippen LogP contribution in [0, 0.1) is 12.8 Å². The molecule has 0 aliphatic carbocycles. The Bertz CT molecular complexity index is 4340. The van der Waals surface area contributed by atoms with Gasteiger partial charge in [0.15, 0.2) is 17.3 Å². The van der Waals surface area contributed by atoms with Crippen LogP contribution in [0.3, 0.4) is 0 Å². The van der Waals surface area contributed by atoms with E-state index in [-0.39, 0.29) is 67.2 Å². The van der Waals surface area contributed by atoms with E-state index < -0.39 is 47.3 Å². The van der Waals surface area contributed by atoms with Gasteiger partial charge in [-0.15, -0.1) is 0 Å². The van der Waals surface area contributed by atoms with E-state index in [4.69, 9.17) is 100 Å². The summed E-state index contributed by atoms with van der Waals surface area (Å²) in [7, 11) is 24.7. The number of esters is 2. The Hall–Kier alpha value is -12.8. The van der Waals surface area contributed by atoms with Crippen LogP contribution < -0.4 is 56.8 Å². The summed E-state index contributed by atoms with van der Waals surface area (Å²) in [6, 6.07) is 10.5. The fourth-order valence-corrected chi connectivity index (χ4v) is 8.65. The van der Waals surface area contributed by atoms with Gasteiger partial charge < -0.3 is 81.6 Å². The number of aliphatic carboxylic acids is 1. The summed E-state index contributed by atoms with van der Waals surface area (Å²) in [5.74, 6) is -3.88. The minimum absolute atomic E-state index is 0.0111. The SMILES string of the molecule is CCC(=O)c1cnc(OC)cc1OC.COC(=O)c1cnc(Cl)cc1Cl.COC(=O)c1cnc(OC)cc1OC.COc1cc(OC)c(-c2c(C)c(C(=O)O)nn2C)cn1.COc1cc(OC)c(C(=O)C(C)C(=O)C(=O)O)cn1.COc1cc(OC)c(C(=O)N(C)OC)cn1.COc1cc(OC)c(C(=O)O)cn1. The van der Waals surface area contributed by atoms with Crippen molar-refractivity contribution in [3.63, 3.8) is 0 Å². The third kappa shape index (κ3) is 26.1. The fraction of sp³-hybridized carbons (Fsp3) is 0.319. The van der Waals surface area contributed by atoms with Crippen molar-refractivity contribution in [3.8, 4) is 81.0 Å². The molecule has 1 atom stereocenters. The van der Waals surface area contributed by atoms with E-state index in [0.717, 1.165) is 5.06 Å². The number of halogens is 2. The van der Waals surface area contributed by atoms with Crippen molar-refractivity contribution < 1.29 is 130 Å². The zero-order valence-electron chi connectivity index (χ0n) is 62.2. The van der Waals surface area contributed by atoms with E-state index in [1.54, 1.807) is 39.2 Å². The monoisotopic (exact) mass is 1550 g/mol. The second kappa shape index (κ2) is 46.1. The van der Waals surface area contributed by atoms with Gasteiger partial charge in [-0.05, 0) is 19.9 Å². The Kier molecular flexibility index (Phi) is 39.0. The lowest BCUT2D eigenvalue weighted by atomic mass is 9.96. The summed E-state index contributed by atoms with van der Waals surface area (Å²) in [5.41, 5.74) is 3.23. The van der Waals surface area contributed by atoms with Gasteiger partial charge in [0.2, 0.25) is 41.1 Å². The second-order valence-corrected chi connectivity index (χ2v) is 20.9. The van der Waals surface area contributed by atoms with E-state index in [2.05, 4.69) is 49.5 Å². The lowest BCUT2D eigenvalue weighted by Gasteiger charge is -2.15. The number of aromatic nitrogens is 9. The van der Waals surface area contributed by atoms with Gasteiger partial charge in [0.05, 0.1) is 146 Å². The Labute approximate surface area is 628 Å². The maximum absolute atomic E-state index is 12.0. The summed E-state index contributed by atoms with van der Waals surface area (Å²) < 4.78 is 70.3. The molecule has 0 saturated heterocycles. The Morgan fingerprint density at radius 1 is 0.454 bits per heavy atom. The zero-order valence-corrected chi connectivity index (χ0v) is 63.7. The molecule has 0 aromatic carbocycles. The van der Waals surface area contributed by atoms with Crippen LogP contribution in [0.5, 0.6) is 69.8 Å². The standard InChI is InChI=1S/C13H15N3O4.C12H13NO6.C10H14N2O4.C10H13NO3.C9H11NO4.C8H9NO4.C7H5Cl2NO2/c1-7-11(13(17)18)15-16(2)12(7)8-6-14-10(20-4)5-9(8)19-3;1-6(11(15)12(16)17)10(14)7-5-13-9(19-3)4-8(7)18-2;1-12(16-4)10(13)7-6-11-9(15-3)5-8(7)14-2;1-4-8(12)7-6-11-10(14-3)5-9(7)13-2;1-12-7-4-8(13-2)10-5-6(7)9(11)14-3;1-12-6-3-7(13-2)9-4-5(6)8(10)11;1-12-7(11)4-3-10-6(9)2-5(4)8/h5-6H,1-4H3,(H,17,18);4-6H,1-3H3,(H,16,17);5-6H,1-4H3;5-6H,4H2,1-3H3;4-5H,1-3H3;3-4H,1-2H3,(H,10,11);2-3H,1H3. The van der Waals surface area contributed by atoms with Crippen molar-refractivity contribution in [1.82, 2.24) is 49.7 Å². The van der Waals surface area contributed by atoms with Gasteiger partial charge >= 0.3 is 29.8 Å². The van der Waals surface area contributed by atoms with Gasteiger partial charge in [-0.2, -0.15) is 5.10 Å². The lowest BCUT2D eigenvalue weighted by molar-refractivity contribution is -0.150. The number of Topliss-reactive ketones (excluding diaryl/α,β-unsaturated/α-hetero) is 3. The van der Waals surface area contributed by atoms with Gasteiger partial charge in [0, 0.05) is 106 Å². The largest absolute Gasteiger partial charge is 0.496 e. The Balaban J connectivity index is 0.000000431. The summed E-state index contributed by atoms with van der Waals surface area (Å²) >= 11 is 11.2. The number of carbonyl (C=O) groups is 9. The van der Waals surface area contributed by atoms with E-state index in [0.29, 0.717) is 86.8 Å². The molecular formula is C69H80Cl2N10O27. The molecule has 0 bridgehead atoms. The highest BCUT2D eigenvalue weighted by Crippen LogP contribution is 2.35. The summed E-state index contributed by atoms with van der Waals surface area (Å²) in [5, 5.41) is 32.0. The molecule has 8 heterocycles. The zero-order chi connectivity index (χ0) is 81.7. The molecule has 582 valence electrons. The molecule has 37 nitrogen and oxygen atoms in total. The smallest absolute Gasteiger partial charge is 0.372 e. The van der Waals surface area contributed by atoms with E-state index in [1.165, 1.54) is 193 Å². The van der Waals surface area contributed by atoms with Crippen LogP contribution in [-0.4, -0.2) is 232 Å². The molecule has 0 saturated carbocycles. The summed E-state index contributed by atoms with van der Waals surface area (Å²) in [6.07, 6.45) is 9.88. The molecule has 0 aliphatic rings. The van der Waals surface area contributed by atoms with E-state index in [1.807, 2.05) is 0 Å². The van der Waals surface area contributed by atoms with Crippen LogP contribution in [0.1, 0.15) is 98.5 Å². The van der Waals surface area contributed by atoms with Gasteiger partial charge in [-0.1, -0.05) is 30.1 Å². The number of methoxy groups -OCH3 is 14. The topological polar surface area (TPSA) is 464 Å². The first-order valence-corrected chi connectivity index (χ1v) is 31.2. The number of pyridine rings is 7. The summed E-state index contributed by atoms with van der Waals surface area (Å²) in [4.78, 5) is 133. The number of aryl methyl sites for hydroxylation is 1. The van der Waals surface area contributed by atoms with Crippen LogP contribution in [0.25, 0.3) is 11.3 Å². The van der Waals surface area contributed by atoms with Crippen molar-refractivity contribution in [2.45, 2.75) is 27.2 Å². The lowest BCUT2D eigenvalue weighted by Crippen LogP contribution is -2.28. The van der Waals surface area contributed by atoms with Crippen LogP contribution >= 0.6 is 23.2 Å². The molecule has 8 aromatic heterocycles. The number of carboxylic acid groups (broad SMARTS) is 3. The van der Waals surface area contributed by atoms with Crippen molar-refractivity contribution in [2.75, 3.05) is 114 Å². The number of hydrogen-bond acceptors (Lipinski definition) is 32. The third-order valence-corrected chi connectivity index (χ3v) is 14.4. The molecule has 8 rings (SSSR count). The third-order valence-electron chi connectivity index (χ3n) is 13.9. The number of rotatable bonds is 25. The molecule has 0 spiro atoms. The summed E-state index contributed by atoms with van der Waals surface area (Å²) in [6.45, 7) is 4.73. The molecular weight excluding hydrogens is 1470 g/mol. The average molecular weight is 1550 g/mol. The Morgan fingerprint density at radius 2 is 0.806 bits per heavy atom. The molecule has 0 radical (unpaired) electrons. The number of hydrogen-bond donors (Lipinski definition) is 3. The molecule has 3 N–H and O–H groups in total. The predicted octanol–water partition coefficient (Wildman–Crippen LogP) is 8.36. The first-order chi connectivity index (χ1) is 51.3. The highest BCUT2D eigenvalue weighted by atomic mass is 35.5. The van der Waals surface area contributed by atoms with Gasteiger partial charge in [-0.3, -0.25) is 28.7 Å². The highest BCUT2D eigenvalue weighted by molar-refractivity contribution is 6.38. The van der Waals surface area contributed by atoms with Crippen molar-refractivity contribution in [2.24, 2.45) is 13.0 Å². The number of amides is 1. The van der Waals surface area contributed by atoms with Crippen molar-refractivity contribution >= 4 is 76.3 Å².